The standard InChI is InChI=1S/C12H15BrN2O2/c1-8-4-5-10(13)6-9(8)7-11(15-17-3)12(16)14-2/h4-6H,7H2,1-3H3,(H,14,16)/b15-11+. The lowest BCUT2D eigenvalue weighted by Gasteiger charge is -2.08. The quantitative estimate of drug-likeness (QED) is 0.683. The van der Waals surface area contributed by atoms with E-state index in [4.69, 9.17) is 0 Å². The monoisotopic (exact) mass is 298 g/mol. The molecule has 92 valence electrons. The van der Waals surface area contributed by atoms with Crippen molar-refractivity contribution in [1.82, 2.24) is 5.32 Å². The number of aryl methyl sites for hydroxylation is 1. The van der Waals surface area contributed by atoms with Crippen LogP contribution in [0.3, 0.4) is 0 Å². The molecule has 0 aromatic heterocycles. The Bertz CT molecular complexity index is 444. The Morgan fingerprint density at radius 1 is 1.53 bits per heavy atom. The largest absolute Gasteiger partial charge is 0.399 e. The molecule has 1 rings (SSSR count). The summed E-state index contributed by atoms with van der Waals surface area (Å²) >= 11 is 3.41. The Labute approximate surface area is 109 Å². The highest BCUT2D eigenvalue weighted by atomic mass is 79.9. The Morgan fingerprint density at radius 3 is 2.82 bits per heavy atom. The van der Waals surface area contributed by atoms with Crippen molar-refractivity contribution < 1.29 is 9.63 Å². The van der Waals surface area contributed by atoms with Crippen molar-refractivity contribution in [3.05, 3.63) is 33.8 Å². The lowest BCUT2D eigenvalue weighted by Crippen LogP contribution is -2.29. The van der Waals surface area contributed by atoms with Crippen LogP contribution in [-0.4, -0.2) is 25.8 Å². The Hall–Kier alpha value is -1.36. The normalized spacial score (nSPS) is 11.2. The highest BCUT2D eigenvalue weighted by Gasteiger charge is 2.13. The lowest BCUT2D eigenvalue weighted by molar-refractivity contribution is -0.114. The Kier molecular flexibility index (Phi) is 5.15. The number of nitrogens with zero attached hydrogens (tertiary/aromatic N) is 1. The van der Waals surface area contributed by atoms with Gasteiger partial charge in [-0.25, -0.2) is 0 Å². The van der Waals surface area contributed by atoms with Gasteiger partial charge in [-0.3, -0.25) is 4.79 Å². The molecule has 0 aliphatic heterocycles. The second-order valence-electron chi connectivity index (χ2n) is 3.55. The minimum Gasteiger partial charge on any atom is -0.399 e. The molecule has 1 aromatic rings. The zero-order valence-corrected chi connectivity index (χ0v) is 11.7. The predicted molar refractivity (Wildman–Crippen MR) is 71.1 cm³/mol. The van der Waals surface area contributed by atoms with Gasteiger partial charge in [0.25, 0.3) is 5.91 Å². The molecule has 0 saturated carbocycles. The predicted octanol–water partition coefficient (Wildman–Crippen LogP) is 2.05. The smallest absolute Gasteiger partial charge is 0.269 e. The van der Waals surface area contributed by atoms with Crippen molar-refractivity contribution >= 4 is 27.5 Å². The molecule has 4 nitrogen and oxygen atoms in total. The highest BCUT2D eigenvalue weighted by molar-refractivity contribution is 9.10. The average molecular weight is 299 g/mol. The van der Waals surface area contributed by atoms with Gasteiger partial charge in [-0.15, -0.1) is 0 Å². The van der Waals surface area contributed by atoms with Gasteiger partial charge in [0.15, 0.2) is 0 Å². The second kappa shape index (κ2) is 6.39. The third-order valence-electron chi connectivity index (χ3n) is 2.36. The summed E-state index contributed by atoms with van der Waals surface area (Å²) in [4.78, 5) is 16.3. The molecule has 0 aliphatic rings. The molecule has 0 fully saturated rings. The number of oxime groups is 1. The van der Waals surface area contributed by atoms with Crippen molar-refractivity contribution in [3.8, 4) is 0 Å². The van der Waals surface area contributed by atoms with Crippen molar-refractivity contribution in [2.24, 2.45) is 5.16 Å². The van der Waals surface area contributed by atoms with E-state index in [1.165, 1.54) is 7.11 Å². The maximum absolute atomic E-state index is 11.6. The Balaban J connectivity index is 2.97. The van der Waals surface area contributed by atoms with Crippen molar-refractivity contribution in [3.63, 3.8) is 0 Å². The molecule has 17 heavy (non-hydrogen) atoms. The lowest BCUT2D eigenvalue weighted by atomic mass is 10.0. The molecule has 5 heteroatoms. The van der Waals surface area contributed by atoms with Crippen LogP contribution in [0.25, 0.3) is 0 Å². The summed E-state index contributed by atoms with van der Waals surface area (Å²) in [7, 11) is 3.00. The number of carbonyl (C=O) groups excluding carboxylic acids is 1. The van der Waals surface area contributed by atoms with Gasteiger partial charge in [0, 0.05) is 17.9 Å². The number of rotatable bonds is 4. The first-order valence-corrected chi connectivity index (χ1v) is 5.95. The van der Waals surface area contributed by atoms with E-state index < -0.39 is 0 Å². The summed E-state index contributed by atoms with van der Waals surface area (Å²) in [5.74, 6) is -0.230. The average Bonchev–Trinajstić information content (AvgIpc) is 2.32. The molecule has 0 unspecified atom stereocenters. The fraction of sp³-hybridized carbons (Fsp3) is 0.333. The van der Waals surface area contributed by atoms with E-state index in [2.05, 4.69) is 31.2 Å². The molecule has 0 bridgehead atoms. The van der Waals surface area contributed by atoms with Gasteiger partial charge in [0.1, 0.15) is 12.8 Å². The minimum absolute atomic E-state index is 0.230. The first kappa shape index (κ1) is 13.7. The van der Waals surface area contributed by atoms with Crippen molar-refractivity contribution in [1.29, 1.82) is 0 Å². The van der Waals surface area contributed by atoms with Crippen LogP contribution >= 0.6 is 15.9 Å². The van der Waals surface area contributed by atoms with Gasteiger partial charge in [0.2, 0.25) is 0 Å². The summed E-state index contributed by atoms with van der Waals surface area (Å²) < 4.78 is 0.978. The summed E-state index contributed by atoms with van der Waals surface area (Å²) in [6.07, 6.45) is 0.443. The van der Waals surface area contributed by atoms with Crippen LogP contribution < -0.4 is 5.32 Å². The number of hydrogen-bond acceptors (Lipinski definition) is 3. The second-order valence-corrected chi connectivity index (χ2v) is 4.46. The SMILES string of the molecule is CNC(=O)/C(Cc1cc(Br)ccc1C)=N/OC. The molecule has 0 aliphatic carbocycles. The van der Waals surface area contributed by atoms with E-state index in [0.29, 0.717) is 12.1 Å². The summed E-state index contributed by atoms with van der Waals surface area (Å²) in [5, 5.41) is 6.29. The molecular weight excluding hydrogens is 284 g/mol. The zero-order valence-electron chi connectivity index (χ0n) is 10.1. The molecule has 0 heterocycles. The molecule has 1 N–H and O–H groups in total. The zero-order chi connectivity index (χ0) is 12.8. The minimum atomic E-state index is -0.230. The number of hydrogen-bond donors (Lipinski definition) is 1. The van der Waals surface area contributed by atoms with Crippen LogP contribution in [0.2, 0.25) is 0 Å². The highest BCUT2D eigenvalue weighted by Crippen LogP contribution is 2.17. The van der Waals surface area contributed by atoms with Gasteiger partial charge in [-0.05, 0) is 30.2 Å². The van der Waals surface area contributed by atoms with Gasteiger partial charge in [0.05, 0.1) is 0 Å². The van der Waals surface area contributed by atoms with Crippen LogP contribution in [-0.2, 0) is 16.1 Å². The van der Waals surface area contributed by atoms with Gasteiger partial charge >= 0.3 is 0 Å². The van der Waals surface area contributed by atoms with E-state index in [9.17, 15) is 4.79 Å². The van der Waals surface area contributed by atoms with E-state index in [1.54, 1.807) is 7.05 Å². The number of halogens is 1. The topological polar surface area (TPSA) is 50.7 Å². The van der Waals surface area contributed by atoms with E-state index in [-0.39, 0.29) is 5.91 Å². The number of benzene rings is 1. The summed E-state index contributed by atoms with van der Waals surface area (Å²) in [6.45, 7) is 2.00. The molecule has 0 saturated heterocycles. The van der Waals surface area contributed by atoms with Crippen LogP contribution in [0.5, 0.6) is 0 Å². The summed E-state index contributed by atoms with van der Waals surface area (Å²) in [5.41, 5.74) is 2.51. The first-order chi connectivity index (χ1) is 8.08. The van der Waals surface area contributed by atoms with Gasteiger partial charge < -0.3 is 10.2 Å². The summed E-state index contributed by atoms with van der Waals surface area (Å²) in [6, 6.07) is 5.93. The third kappa shape index (κ3) is 3.85. The molecule has 1 aromatic carbocycles. The first-order valence-electron chi connectivity index (χ1n) is 5.15. The number of amides is 1. The van der Waals surface area contributed by atoms with Crippen LogP contribution in [0.15, 0.2) is 27.8 Å². The molecule has 0 atom stereocenters. The molecular formula is C12H15BrN2O2. The number of nitrogens with one attached hydrogen (secondary N) is 1. The Morgan fingerprint density at radius 2 is 2.24 bits per heavy atom. The van der Waals surface area contributed by atoms with Crippen LogP contribution in [0, 0.1) is 6.92 Å². The van der Waals surface area contributed by atoms with Crippen molar-refractivity contribution in [2.75, 3.05) is 14.2 Å². The fourth-order valence-corrected chi connectivity index (χ4v) is 1.83. The van der Waals surface area contributed by atoms with E-state index in [1.807, 2.05) is 25.1 Å². The molecule has 0 spiro atoms. The maximum Gasteiger partial charge on any atom is 0.269 e. The van der Waals surface area contributed by atoms with Crippen LogP contribution in [0.1, 0.15) is 11.1 Å². The van der Waals surface area contributed by atoms with E-state index in [0.717, 1.165) is 15.6 Å². The molecule has 1 amide bonds. The number of carbonyl (C=O) groups is 1. The fourth-order valence-electron chi connectivity index (χ4n) is 1.42. The van der Waals surface area contributed by atoms with Crippen molar-refractivity contribution in [2.45, 2.75) is 13.3 Å². The van der Waals surface area contributed by atoms with Gasteiger partial charge in [-0.2, -0.15) is 0 Å². The maximum atomic E-state index is 11.6. The van der Waals surface area contributed by atoms with Gasteiger partial charge in [-0.1, -0.05) is 27.2 Å². The van der Waals surface area contributed by atoms with Crippen LogP contribution in [0.4, 0.5) is 0 Å². The molecule has 0 radical (unpaired) electrons. The third-order valence-corrected chi connectivity index (χ3v) is 2.85. The van der Waals surface area contributed by atoms with E-state index >= 15 is 0 Å².